The fraction of sp³-hybridized carbons (Fsp3) is 0.250. The molecule has 0 aliphatic rings. The highest BCUT2D eigenvalue weighted by Gasteiger charge is 2.10. The number of aryl methyl sites for hydroxylation is 2. The van der Waals surface area contributed by atoms with Crippen LogP contribution in [-0.4, -0.2) is 4.21 Å². The van der Waals surface area contributed by atoms with Crippen molar-refractivity contribution in [3.8, 4) is 0 Å². The van der Waals surface area contributed by atoms with Crippen LogP contribution in [0.4, 0.5) is 4.39 Å². The Balaban J connectivity index is 2.21. The molecule has 0 aliphatic carbocycles. The molecule has 0 saturated carbocycles. The minimum absolute atomic E-state index is 0.180. The van der Waals surface area contributed by atoms with Crippen LogP contribution in [0.25, 0.3) is 0 Å². The predicted octanol–water partition coefficient (Wildman–Crippen LogP) is 3.21. The molecular weight excluding hydrogens is 273 g/mol. The molecule has 2 nitrogen and oxygen atoms in total. The molecule has 20 heavy (non-hydrogen) atoms. The van der Waals surface area contributed by atoms with Gasteiger partial charge in [-0.2, -0.15) is 0 Å². The fourth-order valence-corrected chi connectivity index (χ4v) is 3.13. The van der Waals surface area contributed by atoms with Gasteiger partial charge in [-0.25, -0.2) is 4.39 Å². The van der Waals surface area contributed by atoms with Gasteiger partial charge in [0.05, 0.1) is 16.6 Å². The molecule has 4 heteroatoms. The molecule has 106 valence electrons. The molecule has 2 rings (SSSR count). The lowest BCUT2D eigenvalue weighted by atomic mass is 10.1. The van der Waals surface area contributed by atoms with E-state index in [1.54, 1.807) is 12.1 Å². The molecule has 2 aromatic carbocycles. The zero-order valence-corrected chi connectivity index (χ0v) is 12.5. The van der Waals surface area contributed by atoms with Gasteiger partial charge in [0.15, 0.2) is 0 Å². The van der Waals surface area contributed by atoms with Crippen molar-refractivity contribution >= 4 is 10.8 Å². The molecule has 0 bridgehead atoms. The quantitative estimate of drug-likeness (QED) is 0.940. The lowest BCUT2D eigenvalue weighted by Gasteiger charge is -2.07. The summed E-state index contributed by atoms with van der Waals surface area (Å²) < 4.78 is 26.2. The summed E-state index contributed by atoms with van der Waals surface area (Å²) in [5, 5.41) is 0. The average molecular weight is 291 g/mol. The molecule has 1 atom stereocenters. The molecule has 1 unspecified atom stereocenters. The van der Waals surface area contributed by atoms with Gasteiger partial charge >= 0.3 is 0 Å². The maximum atomic E-state index is 13.9. The lowest BCUT2D eigenvalue weighted by Crippen LogP contribution is -2.02. The first kappa shape index (κ1) is 14.9. The van der Waals surface area contributed by atoms with Crippen molar-refractivity contribution in [2.24, 2.45) is 5.73 Å². The first-order valence-electron chi connectivity index (χ1n) is 6.44. The molecule has 0 radical (unpaired) electrons. The Bertz CT molecular complexity index is 655. The molecule has 2 aromatic rings. The van der Waals surface area contributed by atoms with Crippen LogP contribution in [0.2, 0.25) is 0 Å². The van der Waals surface area contributed by atoms with Crippen molar-refractivity contribution < 1.29 is 8.60 Å². The van der Waals surface area contributed by atoms with Crippen molar-refractivity contribution in [3.63, 3.8) is 0 Å². The van der Waals surface area contributed by atoms with E-state index in [2.05, 4.69) is 0 Å². The molecule has 0 saturated heterocycles. The van der Waals surface area contributed by atoms with E-state index in [0.717, 1.165) is 21.6 Å². The Kier molecular flexibility index (Phi) is 4.68. The highest BCUT2D eigenvalue weighted by atomic mass is 32.2. The Hall–Kier alpha value is -1.52. The molecule has 0 fully saturated rings. The summed E-state index contributed by atoms with van der Waals surface area (Å²) in [7, 11) is -1.24. The summed E-state index contributed by atoms with van der Waals surface area (Å²) in [6, 6.07) is 10.5. The van der Waals surface area contributed by atoms with Gasteiger partial charge in [-0.15, -0.1) is 0 Å². The average Bonchev–Trinajstić information content (AvgIpc) is 2.43. The Morgan fingerprint density at radius 3 is 2.45 bits per heavy atom. The first-order chi connectivity index (χ1) is 9.51. The Morgan fingerprint density at radius 2 is 1.85 bits per heavy atom. The third-order valence-electron chi connectivity index (χ3n) is 3.38. The van der Waals surface area contributed by atoms with Crippen LogP contribution < -0.4 is 5.73 Å². The van der Waals surface area contributed by atoms with Gasteiger partial charge in [0, 0.05) is 17.0 Å². The minimum Gasteiger partial charge on any atom is -0.326 e. The number of benzene rings is 2. The minimum atomic E-state index is -1.24. The van der Waals surface area contributed by atoms with Crippen LogP contribution in [0.5, 0.6) is 0 Å². The Morgan fingerprint density at radius 1 is 1.10 bits per heavy atom. The van der Waals surface area contributed by atoms with Crippen molar-refractivity contribution in [1.29, 1.82) is 0 Å². The van der Waals surface area contributed by atoms with E-state index in [9.17, 15) is 8.60 Å². The van der Waals surface area contributed by atoms with Gasteiger partial charge in [0.25, 0.3) is 0 Å². The zero-order chi connectivity index (χ0) is 14.7. The van der Waals surface area contributed by atoms with Gasteiger partial charge in [-0.1, -0.05) is 18.2 Å². The van der Waals surface area contributed by atoms with Crippen LogP contribution in [0.15, 0.2) is 41.3 Å². The maximum Gasteiger partial charge on any atom is 0.127 e. The molecule has 2 N–H and O–H groups in total. The first-order valence-corrected chi connectivity index (χ1v) is 7.76. The summed E-state index contributed by atoms with van der Waals surface area (Å²) in [6.07, 6.45) is 0. The smallest absolute Gasteiger partial charge is 0.127 e. The van der Waals surface area contributed by atoms with E-state index in [1.165, 1.54) is 6.07 Å². The standard InChI is InChI=1S/C16H18FNOS/c1-11-3-6-15(7-12(11)2)20(19)10-14-5-4-13(9-18)8-16(14)17/h3-8H,9-10,18H2,1-2H3. The van der Waals surface area contributed by atoms with Crippen molar-refractivity contribution in [3.05, 3.63) is 64.5 Å². The van der Waals surface area contributed by atoms with Crippen LogP contribution in [-0.2, 0) is 23.1 Å². The van der Waals surface area contributed by atoms with Crippen LogP contribution in [0, 0.1) is 19.7 Å². The molecule has 0 spiro atoms. The molecular formula is C16H18FNOS. The number of rotatable bonds is 4. The lowest BCUT2D eigenvalue weighted by molar-refractivity contribution is 0.613. The van der Waals surface area contributed by atoms with E-state index < -0.39 is 10.8 Å². The number of nitrogens with two attached hydrogens (primary N) is 1. The van der Waals surface area contributed by atoms with Crippen molar-refractivity contribution in [2.75, 3.05) is 0 Å². The van der Waals surface area contributed by atoms with E-state index in [0.29, 0.717) is 12.1 Å². The van der Waals surface area contributed by atoms with Crippen molar-refractivity contribution in [2.45, 2.75) is 31.0 Å². The largest absolute Gasteiger partial charge is 0.326 e. The van der Waals surface area contributed by atoms with Gasteiger partial charge in [-0.3, -0.25) is 4.21 Å². The highest BCUT2D eigenvalue weighted by Crippen LogP contribution is 2.18. The Labute approximate surface area is 121 Å². The summed E-state index contributed by atoms with van der Waals surface area (Å²) in [4.78, 5) is 0.732. The molecule has 0 aromatic heterocycles. The topological polar surface area (TPSA) is 43.1 Å². The number of hydrogen-bond acceptors (Lipinski definition) is 2. The van der Waals surface area contributed by atoms with Crippen LogP contribution >= 0.6 is 0 Å². The van der Waals surface area contributed by atoms with Gasteiger partial charge in [0.1, 0.15) is 5.82 Å². The monoisotopic (exact) mass is 291 g/mol. The molecule has 0 amide bonds. The SMILES string of the molecule is Cc1ccc(S(=O)Cc2ccc(CN)cc2F)cc1C. The normalized spacial score (nSPS) is 12.4. The fourth-order valence-electron chi connectivity index (χ4n) is 1.91. The van der Waals surface area contributed by atoms with E-state index in [4.69, 9.17) is 5.73 Å². The third-order valence-corrected chi connectivity index (χ3v) is 4.73. The summed E-state index contributed by atoms with van der Waals surface area (Å²) in [5.41, 5.74) is 8.91. The molecule has 0 aliphatic heterocycles. The van der Waals surface area contributed by atoms with E-state index >= 15 is 0 Å². The zero-order valence-electron chi connectivity index (χ0n) is 11.7. The second kappa shape index (κ2) is 6.29. The summed E-state index contributed by atoms with van der Waals surface area (Å²) >= 11 is 0. The van der Waals surface area contributed by atoms with Crippen LogP contribution in [0.3, 0.4) is 0 Å². The third kappa shape index (κ3) is 3.32. The maximum absolute atomic E-state index is 13.9. The summed E-state index contributed by atoms with van der Waals surface area (Å²) in [6.45, 7) is 4.29. The molecule has 0 heterocycles. The van der Waals surface area contributed by atoms with E-state index in [-0.39, 0.29) is 11.6 Å². The summed E-state index contributed by atoms with van der Waals surface area (Å²) in [5.74, 6) is -0.163. The second-order valence-corrected chi connectivity index (χ2v) is 6.32. The van der Waals surface area contributed by atoms with E-state index in [1.807, 2.05) is 32.0 Å². The second-order valence-electron chi connectivity index (χ2n) is 4.87. The van der Waals surface area contributed by atoms with Crippen LogP contribution in [0.1, 0.15) is 22.3 Å². The number of hydrogen-bond donors (Lipinski definition) is 1. The number of halogens is 1. The highest BCUT2D eigenvalue weighted by molar-refractivity contribution is 7.84. The van der Waals surface area contributed by atoms with Gasteiger partial charge < -0.3 is 5.73 Å². The van der Waals surface area contributed by atoms with Gasteiger partial charge in [0.2, 0.25) is 0 Å². The predicted molar refractivity (Wildman–Crippen MR) is 80.3 cm³/mol. The van der Waals surface area contributed by atoms with Crippen molar-refractivity contribution in [1.82, 2.24) is 0 Å². The van der Waals surface area contributed by atoms with Gasteiger partial charge in [-0.05, 0) is 48.7 Å².